The number of ether oxygens (including phenoxy) is 2. The quantitative estimate of drug-likeness (QED) is 0.250. The van der Waals surface area contributed by atoms with Crippen LogP contribution in [0.5, 0.6) is 0 Å². The molecule has 0 aromatic heterocycles. The number of benzene rings is 3. The van der Waals surface area contributed by atoms with Gasteiger partial charge in [-0.25, -0.2) is 4.79 Å². The van der Waals surface area contributed by atoms with Crippen molar-refractivity contribution in [3.05, 3.63) is 125 Å². The molecule has 1 unspecified atom stereocenters. The lowest BCUT2D eigenvalue weighted by Gasteiger charge is -2.26. The van der Waals surface area contributed by atoms with Crippen LogP contribution in [0.1, 0.15) is 47.6 Å². The summed E-state index contributed by atoms with van der Waals surface area (Å²) < 4.78 is 53.0. The molecule has 0 bridgehead atoms. The van der Waals surface area contributed by atoms with Crippen LogP contribution in [0.3, 0.4) is 0 Å². The van der Waals surface area contributed by atoms with Crippen molar-refractivity contribution in [2.75, 3.05) is 6.54 Å². The molecule has 42 heavy (non-hydrogen) atoms. The van der Waals surface area contributed by atoms with E-state index in [2.05, 4.69) is 0 Å². The topological polar surface area (TPSA) is 76.1 Å². The fourth-order valence-electron chi connectivity index (χ4n) is 4.70. The van der Waals surface area contributed by atoms with Gasteiger partial charge in [0.25, 0.3) is 0 Å². The second-order valence-corrected chi connectivity index (χ2v) is 9.94. The smallest absolute Gasteiger partial charge is 0.416 e. The first-order valence-corrected chi connectivity index (χ1v) is 13.6. The Balaban J connectivity index is 1.67. The number of amides is 1. The molecule has 0 aliphatic heterocycles. The van der Waals surface area contributed by atoms with Gasteiger partial charge in [-0.05, 0) is 59.7 Å². The van der Waals surface area contributed by atoms with E-state index in [4.69, 9.17) is 9.47 Å². The Bertz CT molecular complexity index is 1440. The number of carbonyl (C=O) groups is 2. The van der Waals surface area contributed by atoms with Crippen molar-refractivity contribution in [3.8, 4) is 0 Å². The predicted octanol–water partition coefficient (Wildman–Crippen LogP) is 7.84. The van der Waals surface area contributed by atoms with Crippen molar-refractivity contribution >= 4 is 17.6 Å². The van der Waals surface area contributed by atoms with E-state index in [1.807, 2.05) is 48.5 Å². The van der Waals surface area contributed by atoms with E-state index in [0.29, 0.717) is 23.3 Å². The molecular weight excluding hydrogens is 547 g/mol. The molecule has 3 aromatic carbocycles. The van der Waals surface area contributed by atoms with Gasteiger partial charge in [-0.1, -0.05) is 72.8 Å². The first kappa shape index (κ1) is 30.4. The zero-order valence-corrected chi connectivity index (χ0v) is 23.1. The van der Waals surface area contributed by atoms with Gasteiger partial charge >= 0.3 is 18.2 Å². The van der Waals surface area contributed by atoms with Gasteiger partial charge in [-0.15, -0.1) is 0 Å². The number of hydrogen-bond donors (Lipinski definition) is 1. The highest BCUT2D eigenvalue weighted by atomic mass is 19.4. The van der Waals surface area contributed by atoms with Gasteiger partial charge in [-0.3, -0.25) is 4.79 Å². The number of halogens is 3. The molecule has 9 heteroatoms. The summed E-state index contributed by atoms with van der Waals surface area (Å²) in [6.45, 7) is 1.99. The molecule has 1 amide bonds. The standard InChI is InChI=1S/C33H32F3NO5/c1-2-37(32(40)42-22-24-11-7-4-8-12-24)20-26-19-27(33(34,35)36)14-15-28(26)29-17-25(18-31(38)39)13-16-30(29)41-21-23-9-5-3-6-10-23/h3-12,14-17,19,25H,2,13,18,20-22H2,1H3,(H,38,39). The average molecular weight is 580 g/mol. The molecule has 0 spiro atoms. The summed E-state index contributed by atoms with van der Waals surface area (Å²) in [6, 6.07) is 21.9. The average Bonchev–Trinajstić information content (AvgIpc) is 2.98. The number of carboxylic acids is 1. The third kappa shape index (κ3) is 8.25. The predicted molar refractivity (Wildman–Crippen MR) is 152 cm³/mol. The summed E-state index contributed by atoms with van der Waals surface area (Å²) in [6.07, 6.45) is -1.49. The molecule has 220 valence electrons. The third-order valence-electron chi connectivity index (χ3n) is 6.88. The van der Waals surface area contributed by atoms with Gasteiger partial charge in [0, 0.05) is 18.7 Å². The van der Waals surface area contributed by atoms with Crippen LogP contribution >= 0.6 is 0 Å². The zero-order valence-electron chi connectivity index (χ0n) is 23.1. The van der Waals surface area contributed by atoms with Gasteiger partial charge in [-0.2, -0.15) is 13.2 Å². The number of aliphatic carboxylic acids is 1. The molecule has 1 aliphatic carbocycles. The lowest BCUT2D eigenvalue weighted by Crippen LogP contribution is -2.31. The van der Waals surface area contributed by atoms with E-state index in [1.54, 1.807) is 31.2 Å². The number of allylic oxidation sites excluding steroid dienone is 3. The molecule has 0 heterocycles. The first-order chi connectivity index (χ1) is 20.1. The van der Waals surface area contributed by atoms with E-state index < -0.39 is 23.8 Å². The maximum atomic E-state index is 13.8. The number of carbonyl (C=O) groups excluding carboxylic acids is 1. The molecule has 0 fully saturated rings. The molecule has 0 saturated carbocycles. The Morgan fingerprint density at radius 3 is 2.19 bits per heavy atom. The highest BCUT2D eigenvalue weighted by Crippen LogP contribution is 2.38. The van der Waals surface area contributed by atoms with Gasteiger partial charge in [0.2, 0.25) is 0 Å². The zero-order chi connectivity index (χ0) is 30.1. The Morgan fingerprint density at radius 1 is 0.952 bits per heavy atom. The van der Waals surface area contributed by atoms with Gasteiger partial charge in [0.15, 0.2) is 0 Å². The molecule has 0 radical (unpaired) electrons. The Morgan fingerprint density at radius 2 is 1.60 bits per heavy atom. The molecular formula is C33H32F3NO5. The number of hydrogen-bond acceptors (Lipinski definition) is 4. The van der Waals surface area contributed by atoms with Crippen molar-refractivity contribution in [2.24, 2.45) is 5.92 Å². The van der Waals surface area contributed by atoms with Crippen molar-refractivity contribution in [1.82, 2.24) is 4.90 Å². The van der Waals surface area contributed by atoms with E-state index in [0.717, 1.165) is 23.3 Å². The van der Waals surface area contributed by atoms with Gasteiger partial charge < -0.3 is 19.5 Å². The Kier molecular flexibility index (Phi) is 10.1. The van der Waals surface area contributed by atoms with Crippen LogP contribution in [-0.4, -0.2) is 28.6 Å². The monoisotopic (exact) mass is 579 g/mol. The minimum Gasteiger partial charge on any atom is -0.489 e. The molecule has 1 N–H and O–H groups in total. The number of carboxylic acid groups (broad SMARTS) is 1. The molecule has 3 aromatic rings. The summed E-state index contributed by atoms with van der Waals surface area (Å²) >= 11 is 0. The fourth-order valence-corrected chi connectivity index (χ4v) is 4.70. The molecule has 1 aliphatic rings. The van der Waals surface area contributed by atoms with Crippen molar-refractivity contribution in [3.63, 3.8) is 0 Å². The van der Waals surface area contributed by atoms with Gasteiger partial charge in [0.05, 0.1) is 12.0 Å². The van der Waals surface area contributed by atoms with E-state index >= 15 is 0 Å². The Labute approximate surface area is 242 Å². The lowest BCUT2D eigenvalue weighted by atomic mass is 9.86. The SMILES string of the molecule is CCN(Cc1cc(C(F)(F)F)ccc1C1=CC(CC(=O)O)CC=C1OCc1ccccc1)C(=O)OCc1ccccc1. The Hall–Kier alpha value is -4.53. The second-order valence-electron chi connectivity index (χ2n) is 9.94. The third-order valence-corrected chi connectivity index (χ3v) is 6.88. The number of alkyl halides is 3. The summed E-state index contributed by atoms with van der Waals surface area (Å²) in [7, 11) is 0. The summed E-state index contributed by atoms with van der Waals surface area (Å²) in [4.78, 5) is 25.8. The van der Waals surface area contributed by atoms with Crippen LogP contribution in [0.2, 0.25) is 0 Å². The minimum atomic E-state index is -4.60. The van der Waals surface area contributed by atoms with Crippen LogP contribution in [0, 0.1) is 5.92 Å². The largest absolute Gasteiger partial charge is 0.489 e. The number of rotatable bonds is 11. The summed E-state index contributed by atoms with van der Waals surface area (Å²) in [5.74, 6) is -0.922. The van der Waals surface area contributed by atoms with E-state index in [-0.39, 0.29) is 44.2 Å². The van der Waals surface area contributed by atoms with Crippen LogP contribution in [0.15, 0.2) is 96.8 Å². The van der Waals surface area contributed by atoms with Gasteiger partial charge in [0.1, 0.15) is 19.0 Å². The van der Waals surface area contributed by atoms with Crippen LogP contribution in [0.25, 0.3) is 5.57 Å². The maximum absolute atomic E-state index is 13.8. The van der Waals surface area contributed by atoms with Crippen LogP contribution in [-0.2, 0) is 40.2 Å². The highest BCUT2D eigenvalue weighted by Gasteiger charge is 2.32. The fraction of sp³-hybridized carbons (Fsp3) is 0.273. The summed E-state index contributed by atoms with van der Waals surface area (Å²) in [5, 5.41) is 9.40. The minimum absolute atomic E-state index is 0.0217. The molecule has 4 rings (SSSR count). The van der Waals surface area contributed by atoms with Crippen LogP contribution < -0.4 is 0 Å². The number of nitrogens with zero attached hydrogens (tertiary/aromatic N) is 1. The van der Waals surface area contributed by atoms with Crippen molar-refractivity contribution < 1.29 is 37.3 Å². The lowest BCUT2D eigenvalue weighted by molar-refractivity contribution is -0.138. The van der Waals surface area contributed by atoms with E-state index in [9.17, 15) is 27.9 Å². The normalized spacial score (nSPS) is 14.9. The second kappa shape index (κ2) is 13.9. The maximum Gasteiger partial charge on any atom is 0.416 e. The van der Waals surface area contributed by atoms with Crippen molar-refractivity contribution in [1.29, 1.82) is 0 Å². The van der Waals surface area contributed by atoms with E-state index in [1.165, 1.54) is 11.0 Å². The first-order valence-electron chi connectivity index (χ1n) is 13.6. The molecule has 1 atom stereocenters. The molecule has 0 saturated heterocycles. The summed E-state index contributed by atoms with van der Waals surface area (Å²) in [5.41, 5.74) is 1.97. The van der Waals surface area contributed by atoms with Crippen molar-refractivity contribution in [2.45, 2.75) is 45.7 Å². The highest BCUT2D eigenvalue weighted by molar-refractivity contribution is 5.81. The van der Waals surface area contributed by atoms with Crippen LogP contribution in [0.4, 0.5) is 18.0 Å². The molecule has 6 nitrogen and oxygen atoms in total.